The van der Waals surface area contributed by atoms with Crippen molar-refractivity contribution in [2.24, 2.45) is 0 Å². The van der Waals surface area contributed by atoms with Crippen molar-refractivity contribution < 1.29 is 14.3 Å². The number of carboxylic acids is 1. The molecular formula is C13H8FNO2S2. The fraction of sp³-hybridized carbons (Fsp3) is 0.0769. The molecule has 0 aliphatic carbocycles. The first-order chi connectivity index (χ1) is 9.08. The first-order valence-electron chi connectivity index (χ1n) is 5.18. The molecule has 0 aliphatic rings. The molecule has 19 heavy (non-hydrogen) atoms. The van der Waals surface area contributed by atoms with E-state index in [2.05, 4.69) is 0 Å². The van der Waals surface area contributed by atoms with Gasteiger partial charge in [0.2, 0.25) is 0 Å². The Morgan fingerprint density at radius 1 is 1.42 bits per heavy atom. The molecule has 0 fully saturated rings. The molecule has 96 valence electrons. The van der Waals surface area contributed by atoms with Crippen molar-refractivity contribution in [2.45, 2.75) is 4.21 Å². The van der Waals surface area contributed by atoms with E-state index in [-0.39, 0.29) is 4.88 Å². The van der Waals surface area contributed by atoms with Crippen LogP contribution in [0.4, 0.5) is 4.39 Å². The molecule has 6 heteroatoms. The van der Waals surface area contributed by atoms with Crippen LogP contribution in [-0.4, -0.2) is 17.3 Å². The van der Waals surface area contributed by atoms with Gasteiger partial charge < -0.3 is 5.11 Å². The third kappa shape index (κ3) is 2.48. The van der Waals surface area contributed by atoms with E-state index >= 15 is 0 Å². The van der Waals surface area contributed by atoms with Gasteiger partial charge in [0.15, 0.2) is 0 Å². The van der Waals surface area contributed by atoms with Crippen LogP contribution in [0.25, 0.3) is 11.1 Å². The average Bonchev–Trinajstić information content (AvgIpc) is 2.78. The van der Waals surface area contributed by atoms with Crippen LogP contribution in [0.5, 0.6) is 0 Å². The summed E-state index contributed by atoms with van der Waals surface area (Å²) in [7, 11) is 0. The summed E-state index contributed by atoms with van der Waals surface area (Å²) < 4.78 is 13.6. The van der Waals surface area contributed by atoms with Crippen LogP contribution in [0, 0.1) is 17.1 Å². The third-order valence-electron chi connectivity index (χ3n) is 2.50. The number of rotatable bonds is 3. The van der Waals surface area contributed by atoms with Gasteiger partial charge in [-0.25, -0.2) is 9.18 Å². The van der Waals surface area contributed by atoms with Crippen molar-refractivity contribution in [1.82, 2.24) is 0 Å². The van der Waals surface area contributed by atoms with Gasteiger partial charge in [-0.3, -0.25) is 0 Å². The predicted molar refractivity (Wildman–Crippen MR) is 73.2 cm³/mol. The van der Waals surface area contributed by atoms with Crippen LogP contribution in [0.2, 0.25) is 0 Å². The number of nitrogens with zero attached hydrogens (tertiary/aromatic N) is 1. The van der Waals surface area contributed by atoms with E-state index in [9.17, 15) is 19.6 Å². The number of nitriles is 1. The van der Waals surface area contributed by atoms with Crippen LogP contribution in [0.1, 0.15) is 15.2 Å². The summed E-state index contributed by atoms with van der Waals surface area (Å²) in [5.41, 5.74) is 1.23. The lowest BCUT2D eigenvalue weighted by Gasteiger charge is -2.02. The van der Waals surface area contributed by atoms with Gasteiger partial charge in [0, 0.05) is 5.56 Å². The smallest absolute Gasteiger partial charge is 0.346 e. The summed E-state index contributed by atoms with van der Waals surface area (Å²) in [6, 6.07) is 7.49. The topological polar surface area (TPSA) is 61.1 Å². The number of hydrogen-bond acceptors (Lipinski definition) is 4. The Kier molecular flexibility index (Phi) is 3.88. The molecule has 3 nitrogen and oxygen atoms in total. The standard InChI is InChI=1S/C13H8FNO2S2/c1-18-13-9(6-15)10(11(19-13)12(16)17)7-2-4-8(14)5-3-7/h2-5H,1H3,(H,16,17). The number of aromatic carboxylic acids is 1. The summed E-state index contributed by atoms with van der Waals surface area (Å²) >= 11 is 2.39. The second kappa shape index (κ2) is 5.43. The molecule has 1 aromatic carbocycles. The fourth-order valence-electron chi connectivity index (χ4n) is 1.70. The molecule has 0 unspecified atom stereocenters. The van der Waals surface area contributed by atoms with Gasteiger partial charge in [-0.1, -0.05) is 12.1 Å². The first-order valence-corrected chi connectivity index (χ1v) is 7.22. The minimum atomic E-state index is -1.08. The van der Waals surface area contributed by atoms with Crippen molar-refractivity contribution >= 4 is 29.1 Å². The highest BCUT2D eigenvalue weighted by atomic mass is 32.2. The van der Waals surface area contributed by atoms with Gasteiger partial charge >= 0.3 is 5.97 Å². The molecule has 1 aromatic heterocycles. The van der Waals surface area contributed by atoms with E-state index in [1.807, 2.05) is 6.07 Å². The fourth-order valence-corrected chi connectivity index (χ4v) is 3.48. The summed E-state index contributed by atoms with van der Waals surface area (Å²) in [5, 5.41) is 18.4. The molecule has 0 spiro atoms. The SMILES string of the molecule is CSc1sc(C(=O)O)c(-c2ccc(F)cc2)c1C#N. The van der Waals surface area contributed by atoms with Gasteiger partial charge in [-0.15, -0.1) is 23.1 Å². The van der Waals surface area contributed by atoms with Gasteiger partial charge in [0.05, 0.1) is 9.77 Å². The van der Waals surface area contributed by atoms with Crippen molar-refractivity contribution in [3.05, 3.63) is 40.5 Å². The quantitative estimate of drug-likeness (QED) is 0.873. The Morgan fingerprint density at radius 3 is 2.53 bits per heavy atom. The molecule has 0 bridgehead atoms. The molecule has 0 saturated heterocycles. The van der Waals surface area contributed by atoms with E-state index in [4.69, 9.17) is 0 Å². The monoisotopic (exact) mass is 293 g/mol. The lowest BCUT2D eigenvalue weighted by Crippen LogP contribution is -1.95. The summed E-state index contributed by atoms with van der Waals surface area (Å²) in [6.07, 6.45) is 1.78. The Morgan fingerprint density at radius 2 is 2.05 bits per heavy atom. The first kappa shape index (κ1) is 13.6. The highest BCUT2D eigenvalue weighted by molar-refractivity contribution is 8.00. The normalized spacial score (nSPS) is 10.2. The second-order valence-corrected chi connectivity index (χ2v) is 5.69. The van der Waals surface area contributed by atoms with E-state index < -0.39 is 11.8 Å². The van der Waals surface area contributed by atoms with Crippen molar-refractivity contribution in [3.8, 4) is 17.2 Å². The molecule has 0 atom stereocenters. The van der Waals surface area contributed by atoms with Crippen LogP contribution in [-0.2, 0) is 0 Å². The van der Waals surface area contributed by atoms with Crippen molar-refractivity contribution in [2.75, 3.05) is 6.26 Å². The molecule has 2 aromatic rings. The predicted octanol–water partition coefficient (Wildman–Crippen LogP) is 3.85. The Hall–Kier alpha value is -1.84. The maximum absolute atomic E-state index is 12.9. The maximum atomic E-state index is 12.9. The number of thiophene rings is 1. The highest BCUT2D eigenvalue weighted by Crippen LogP contribution is 2.40. The number of carboxylic acid groups (broad SMARTS) is 1. The lowest BCUT2D eigenvalue weighted by molar-refractivity contribution is 0.0703. The number of benzene rings is 1. The minimum Gasteiger partial charge on any atom is -0.477 e. The molecule has 0 saturated carbocycles. The van der Waals surface area contributed by atoms with Crippen LogP contribution >= 0.6 is 23.1 Å². The molecule has 0 amide bonds. The Bertz CT molecular complexity index is 671. The van der Waals surface area contributed by atoms with E-state index in [1.165, 1.54) is 36.0 Å². The summed E-state index contributed by atoms with van der Waals surface area (Å²) in [5.74, 6) is -1.49. The highest BCUT2D eigenvalue weighted by Gasteiger charge is 2.23. The Labute approximate surface area is 117 Å². The largest absolute Gasteiger partial charge is 0.477 e. The van der Waals surface area contributed by atoms with E-state index in [1.54, 1.807) is 6.26 Å². The molecular weight excluding hydrogens is 285 g/mol. The Balaban J connectivity index is 2.73. The maximum Gasteiger partial charge on any atom is 0.346 e. The van der Waals surface area contributed by atoms with E-state index in [0.717, 1.165) is 11.3 Å². The third-order valence-corrected chi connectivity index (χ3v) is 4.80. The van der Waals surface area contributed by atoms with Crippen molar-refractivity contribution in [1.29, 1.82) is 5.26 Å². The average molecular weight is 293 g/mol. The molecule has 1 N–H and O–H groups in total. The van der Waals surface area contributed by atoms with Gasteiger partial charge in [0.25, 0.3) is 0 Å². The number of carbonyl (C=O) groups is 1. The molecule has 2 rings (SSSR count). The van der Waals surface area contributed by atoms with Gasteiger partial charge in [0.1, 0.15) is 16.8 Å². The number of thioether (sulfide) groups is 1. The second-order valence-electron chi connectivity index (χ2n) is 3.60. The summed E-state index contributed by atoms with van der Waals surface area (Å²) in [4.78, 5) is 11.4. The molecule has 0 aliphatic heterocycles. The minimum absolute atomic E-state index is 0.104. The van der Waals surface area contributed by atoms with E-state index in [0.29, 0.717) is 20.9 Å². The van der Waals surface area contributed by atoms with Crippen LogP contribution < -0.4 is 0 Å². The zero-order valence-electron chi connectivity index (χ0n) is 9.81. The number of halogens is 1. The summed E-state index contributed by atoms with van der Waals surface area (Å²) in [6.45, 7) is 0. The van der Waals surface area contributed by atoms with Gasteiger partial charge in [-0.05, 0) is 24.0 Å². The zero-order valence-corrected chi connectivity index (χ0v) is 11.4. The van der Waals surface area contributed by atoms with Crippen LogP contribution in [0.3, 0.4) is 0 Å². The lowest BCUT2D eigenvalue weighted by atomic mass is 10.0. The number of hydrogen-bond donors (Lipinski definition) is 1. The molecule has 0 radical (unpaired) electrons. The zero-order chi connectivity index (χ0) is 14.0. The van der Waals surface area contributed by atoms with Crippen LogP contribution in [0.15, 0.2) is 28.5 Å². The molecule has 1 heterocycles. The van der Waals surface area contributed by atoms with Gasteiger partial charge in [-0.2, -0.15) is 5.26 Å². The van der Waals surface area contributed by atoms with Crippen molar-refractivity contribution in [3.63, 3.8) is 0 Å².